The predicted octanol–water partition coefficient (Wildman–Crippen LogP) is 11.2. The van der Waals surface area contributed by atoms with Crippen LogP contribution >= 0.6 is 0 Å². The van der Waals surface area contributed by atoms with Gasteiger partial charge in [-0.3, -0.25) is 0 Å². The number of ether oxygens (including phenoxy) is 1. The van der Waals surface area contributed by atoms with Crippen LogP contribution in [0, 0.1) is 65.1 Å². The van der Waals surface area contributed by atoms with Crippen molar-refractivity contribution in [3.05, 3.63) is 173 Å². The summed E-state index contributed by atoms with van der Waals surface area (Å²) in [5.41, 5.74) is 9.29. The fourth-order valence-electron chi connectivity index (χ4n) is 7.75. The smallest absolute Gasteiger partial charge is 0.0466 e. The van der Waals surface area contributed by atoms with Crippen LogP contribution in [0.4, 0.5) is 0 Å². The molecule has 2 aliphatic rings. The van der Waals surface area contributed by atoms with Gasteiger partial charge < -0.3 is 34.6 Å². The summed E-state index contributed by atoms with van der Waals surface area (Å²) in [5.74, 6) is 0.321. The molecule has 0 unspecified atom stereocenters. The quantitative estimate of drug-likeness (QED) is 0.163. The minimum atomic E-state index is -0.0841. The van der Waals surface area contributed by atoms with E-state index in [0.29, 0.717) is 5.92 Å². The molecule has 0 radical (unpaired) electrons. The van der Waals surface area contributed by atoms with Crippen molar-refractivity contribution in [1.82, 2.24) is 0 Å². The second-order valence-electron chi connectivity index (χ2n) is 13.8. The Balaban J connectivity index is 0.000000143. The van der Waals surface area contributed by atoms with Gasteiger partial charge in [0.15, 0.2) is 0 Å². The number of hydrogen-bond donors (Lipinski definition) is 0. The second kappa shape index (κ2) is 14.7. The Labute approximate surface area is 319 Å². The summed E-state index contributed by atoms with van der Waals surface area (Å²) in [7, 11) is 0. The van der Waals surface area contributed by atoms with E-state index in [4.69, 9.17) is 4.74 Å². The molecular formula is C46H41NdO-7. The van der Waals surface area contributed by atoms with Crippen molar-refractivity contribution in [2.75, 3.05) is 13.2 Å². The van der Waals surface area contributed by atoms with Crippen LogP contribution in [0.3, 0.4) is 0 Å². The van der Waals surface area contributed by atoms with Crippen LogP contribution in [0.1, 0.15) is 74.3 Å². The van der Waals surface area contributed by atoms with E-state index in [2.05, 4.69) is 173 Å². The van der Waals surface area contributed by atoms with Gasteiger partial charge in [0.25, 0.3) is 0 Å². The summed E-state index contributed by atoms with van der Waals surface area (Å²) in [4.78, 5) is 0. The molecule has 1 aliphatic heterocycles. The van der Waals surface area contributed by atoms with Gasteiger partial charge in [0.05, 0.1) is 0 Å². The van der Waals surface area contributed by atoms with Gasteiger partial charge in [-0.2, -0.15) is 23.1 Å². The number of fused-ring (bicyclic) bond motifs is 6. The molecule has 1 saturated heterocycles. The third-order valence-corrected chi connectivity index (χ3v) is 10.2. The van der Waals surface area contributed by atoms with E-state index in [1.54, 1.807) is 0 Å². The zero-order valence-corrected chi connectivity index (χ0v) is 31.6. The van der Waals surface area contributed by atoms with Crippen molar-refractivity contribution >= 4 is 21.5 Å². The molecule has 1 aliphatic carbocycles. The SMILES string of the molecule is C1CCOC1.CC(C)([c-]1[c-][c-][c-][c-]1)C1c2ccccc2-c2ccccc21.CC(C)([c-]1cccc1)[c-]1c2ccccc2c2ccccc21.[Nd]. The van der Waals surface area contributed by atoms with Crippen molar-refractivity contribution in [2.45, 2.75) is 57.3 Å². The van der Waals surface area contributed by atoms with E-state index >= 15 is 0 Å². The number of benzene rings is 4. The Morgan fingerprint density at radius 2 is 1.06 bits per heavy atom. The second-order valence-corrected chi connectivity index (χ2v) is 13.8. The average molecular weight is 754 g/mol. The van der Waals surface area contributed by atoms with Gasteiger partial charge in [0, 0.05) is 54.1 Å². The molecule has 0 bridgehead atoms. The van der Waals surface area contributed by atoms with Crippen LogP contribution in [0.25, 0.3) is 32.7 Å². The summed E-state index contributed by atoms with van der Waals surface area (Å²) in [6.07, 6.45) is 2.56. The van der Waals surface area contributed by atoms with Gasteiger partial charge in [0.1, 0.15) is 0 Å². The summed E-state index contributed by atoms with van der Waals surface area (Å²) in [6, 6.07) is 55.9. The number of hydrogen-bond acceptors (Lipinski definition) is 1. The molecule has 2 heteroatoms. The summed E-state index contributed by atoms with van der Waals surface area (Å²) >= 11 is 0. The molecular weight excluding hydrogens is 713 g/mol. The summed E-state index contributed by atoms with van der Waals surface area (Å²) in [6.45, 7) is 11.2. The van der Waals surface area contributed by atoms with Crippen LogP contribution in [-0.4, -0.2) is 13.2 Å². The Bertz CT molecular complexity index is 1960. The molecule has 9 rings (SSSR count). The van der Waals surface area contributed by atoms with Gasteiger partial charge in [-0.05, 0) is 41.0 Å². The molecule has 1 fully saturated rings. The van der Waals surface area contributed by atoms with Gasteiger partial charge >= 0.3 is 0 Å². The Morgan fingerprint density at radius 3 is 1.54 bits per heavy atom. The molecule has 1 heterocycles. The topological polar surface area (TPSA) is 9.23 Å². The van der Waals surface area contributed by atoms with Crippen LogP contribution in [0.5, 0.6) is 0 Å². The van der Waals surface area contributed by atoms with Crippen molar-refractivity contribution < 1.29 is 45.6 Å². The van der Waals surface area contributed by atoms with Crippen molar-refractivity contribution in [2.24, 2.45) is 0 Å². The summed E-state index contributed by atoms with van der Waals surface area (Å²) in [5, 5.41) is 5.49. The third kappa shape index (κ3) is 6.42. The zero-order valence-electron chi connectivity index (χ0n) is 28.4. The largest absolute Gasteiger partial charge is 0.998 e. The molecule has 1 nitrogen and oxygen atoms in total. The van der Waals surface area contributed by atoms with Crippen LogP contribution in [0.2, 0.25) is 0 Å². The summed E-state index contributed by atoms with van der Waals surface area (Å²) < 4.78 is 4.94. The maximum Gasteiger partial charge on any atom is 0.0466 e. The van der Waals surface area contributed by atoms with E-state index in [1.807, 2.05) is 0 Å². The zero-order chi connectivity index (χ0) is 32.4. The maximum atomic E-state index is 4.94. The van der Waals surface area contributed by atoms with E-state index in [1.165, 1.54) is 67.8 Å². The average Bonchev–Trinajstić information content (AvgIpc) is 3.95. The minimum Gasteiger partial charge on any atom is -0.998 e. The van der Waals surface area contributed by atoms with Gasteiger partial charge in [-0.25, -0.2) is 12.1 Å². The minimum absolute atomic E-state index is 0. The van der Waals surface area contributed by atoms with Crippen LogP contribution < -0.4 is 0 Å². The first-order valence-electron chi connectivity index (χ1n) is 16.8. The molecule has 0 atom stereocenters. The van der Waals surface area contributed by atoms with E-state index in [9.17, 15) is 0 Å². The van der Waals surface area contributed by atoms with Crippen LogP contribution in [-0.2, 0) is 15.6 Å². The monoisotopic (exact) mass is 751 g/mol. The first-order chi connectivity index (χ1) is 22.9. The molecule has 48 heavy (non-hydrogen) atoms. The van der Waals surface area contributed by atoms with Gasteiger partial charge in [-0.1, -0.05) is 118 Å². The van der Waals surface area contributed by atoms with E-state index < -0.39 is 0 Å². The molecule has 0 amide bonds. The Kier molecular flexibility index (Phi) is 10.6. The van der Waals surface area contributed by atoms with Crippen LogP contribution in [0.15, 0.2) is 121 Å². The number of rotatable bonds is 4. The first-order valence-corrected chi connectivity index (χ1v) is 16.8. The fourth-order valence-corrected chi connectivity index (χ4v) is 7.75. The predicted molar refractivity (Wildman–Crippen MR) is 195 cm³/mol. The normalized spacial score (nSPS) is 14.0. The standard InChI is InChI=1S/C21H18.C21H15.C4H8O.Nd/c2*1-21(2,15-9-3-4-10-15)20-18-13-7-5-11-16(18)17-12-6-8-14-19(17)20;1-2-4-5-3-1;/h3-14H,1-2H3;5-8,11-14,20H,1-2H3;1-4H2;/q-2;-5;;. The molecule has 242 valence electrons. The molecule has 7 aromatic rings. The Hall–Kier alpha value is -3.24. The van der Waals surface area contributed by atoms with Crippen molar-refractivity contribution in [3.63, 3.8) is 0 Å². The molecule has 0 aromatic heterocycles. The molecule has 7 aromatic carbocycles. The van der Waals surface area contributed by atoms with E-state index in [-0.39, 0.29) is 51.7 Å². The van der Waals surface area contributed by atoms with Gasteiger partial charge in [-0.15, -0.1) is 39.2 Å². The maximum absolute atomic E-state index is 4.94. The molecule has 0 N–H and O–H groups in total. The third-order valence-electron chi connectivity index (χ3n) is 10.2. The fraction of sp³-hybridized carbons (Fsp3) is 0.239. The van der Waals surface area contributed by atoms with Crippen molar-refractivity contribution in [3.8, 4) is 11.1 Å². The van der Waals surface area contributed by atoms with Gasteiger partial charge in [0.2, 0.25) is 0 Å². The first kappa shape index (κ1) is 34.6. The molecule has 0 saturated carbocycles. The van der Waals surface area contributed by atoms with E-state index in [0.717, 1.165) is 18.8 Å². The molecule has 0 spiro atoms. The Morgan fingerprint density at radius 1 is 0.604 bits per heavy atom. The van der Waals surface area contributed by atoms with Crippen molar-refractivity contribution in [1.29, 1.82) is 0 Å².